The molecule has 0 unspecified atom stereocenters. The van der Waals surface area contributed by atoms with Gasteiger partial charge in [0.2, 0.25) is 11.8 Å². The quantitative estimate of drug-likeness (QED) is 0.0885. The van der Waals surface area contributed by atoms with E-state index in [0.717, 1.165) is 128 Å². The van der Waals surface area contributed by atoms with E-state index < -0.39 is 11.9 Å². The summed E-state index contributed by atoms with van der Waals surface area (Å²) in [5.41, 5.74) is 7.36. The number of ether oxygens (including phenoxy) is 3. The number of methoxy groups -OCH3 is 1. The minimum absolute atomic E-state index is 0.0387. The Morgan fingerprint density at radius 1 is 0.695 bits per heavy atom. The van der Waals surface area contributed by atoms with Crippen LogP contribution < -0.4 is 21.3 Å². The van der Waals surface area contributed by atoms with Gasteiger partial charge in [-0.15, -0.1) is 0 Å². The van der Waals surface area contributed by atoms with Gasteiger partial charge >= 0.3 is 11.9 Å². The third-order valence-electron chi connectivity index (χ3n) is 10.6. The number of esters is 1. The van der Waals surface area contributed by atoms with Crippen molar-refractivity contribution in [2.24, 2.45) is 0 Å². The largest absolute Gasteiger partial charge is 0.481 e. The van der Waals surface area contributed by atoms with Crippen LogP contribution in [0.5, 0.6) is 0 Å². The summed E-state index contributed by atoms with van der Waals surface area (Å²) < 4.78 is 19.3. The highest BCUT2D eigenvalue weighted by atomic mass is 16.5. The van der Waals surface area contributed by atoms with Crippen LogP contribution >= 0.6 is 0 Å². The summed E-state index contributed by atoms with van der Waals surface area (Å²) in [6.07, 6.45) is 8.75. The molecule has 0 aromatic carbocycles. The van der Waals surface area contributed by atoms with Gasteiger partial charge in [0.15, 0.2) is 11.3 Å². The maximum atomic E-state index is 12.3. The number of carboxylic acid groups (broad SMARTS) is 1. The predicted molar refractivity (Wildman–Crippen MR) is 222 cm³/mol. The molecule has 0 aliphatic carbocycles. The number of hydrogen-bond acceptors (Lipinski definition) is 13. The van der Waals surface area contributed by atoms with E-state index in [-0.39, 0.29) is 43.5 Å². The third-order valence-corrected chi connectivity index (χ3v) is 10.6. The van der Waals surface area contributed by atoms with E-state index >= 15 is 0 Å². The molecule has 59 heavy (non-hydrogen) atoms. The summed E-state index contributed by atoms with van der Waals surface area (Å²) >= 11 is 0. The first-order valence-electron chi connectivity index (χ1n) is 20.8. The molecule has 6 heterocycles. The fourth-order valence-corrected chi connectivity index (χ4v) is 7.29. The molecule has 0 saturated carbocycles. The zero-order valence-corrected chi connectivity index (χ0v) is 35.0. The first kappa shape index (κ1) is 44.7. The van der Waals surface area contributed by atoms with Crippen molar-refractivity contribution in [2.45, 2.75) is 130 Å². The van der Waals surface area contributed by atoms with Crippen LogP contribution in [0.1, 0.15) is 102 Å². The van der Waals surface area contributed by atoms with E-state index in [0.29, 0.717) is 25.6 Å². The molecule has 5 N–H and O–H groups in total. The first-order valence-corrected chi connectivity index (χ1v) is 20.8. The van der Waals surface area contributed by atoms with Gasteiger partial charge in [-0.05, 0) is 52.4 Å². The summed E-state index contributed by atoms with van der Waals surface area (Å²) in [6, 6.07) is 0.582. The summed E-state index contributed by atoms with van der Waals surface area (Å²) in [5.74, 6) is -1.85. The minimum atomic E-state index is -0.980. The van der Waals surface area contributed by atoms with E-state index in [1.165, 1.54) is 7.11 Å². The standard InChI is InChI=1S/C21H31N5O4.C20H29N5O4/c1-4-17-15(12-22-18(27)6-7-19(28)29-3)20(24-14-8-10-30-11-9-14)16-13-23-26(5-2)21(16)25-17;1-3-16-14(11-21-17(26)5-6-18(27)28)19(23-13-7-9-29-10-8-13)15-12-22-25(4-2)20(15)24-16/h13-14H,4-12H2,1-3H3,(H,22,27)(H,24,25);12-13H,3-11H2,1-2H3,(H,21,26)(H,23,24)(H,27,28). The predicted octanol–water partition coefficient (Wildman–Crippen LogP) is 4.26. The third kappa shape index (κ3) is 11.9. The number of rotatable bonds is 18. The molecule has 0 atom stereocenters. The van der Waals surface area contributed by atoms with Crippen LogP contribution in [0.15, 0.2) is 12.4 Å². The number of carboxylic acids is 1. The number of aromatic nitrogens is 6. The Balaban J connectivity index is 0.000000224. The molecule has 2 fully saturated rings. The molecule has 4 aromatic rings. The minimum Gasteiger partial charge on any atom is -0.481 e. The lowest BCUT2D eigenvalue weighted by Gasteiger charge is -2.26. The lowest BCUT2D eigenvalue weighted by molar-refractivity contribution is -0.142. The number of aryl methyl sites for hydroxylation is 4. The average molecular weight is 821 g/mol. The molecule has 2 aliphatic heterocycles. The molecular weight excluding hydrogens is 761 g/mol. The van der Waals surface area contributed by atoms with E-state index in [9.17, 15) is 19.2 Å². The van der Waals surface area contributed by atoms with Gasteiger partial charge in [-0.1, -0.05) is 13.8 Å². The molecule has 322 valence electrons. The van der Waals surface area contributed by atoms with Crippen molar-refractivity contribution in [1.82, 2.24) is 40.2 Å². The summed E-state index contributed by atoms with van der Waals surface area (Å²) in [6.45, 7) is 13.2. The number of fused-ring (bicyclic) bond motifs is 2. The molecule has 0 spiro atoms. The lowest BCUT2D eigenvalue weighted by Crippen LogP contribution is -2.30. The Hall–Kier alpha value is -5.36. The first-order chi connectivity index (χ1) is 28.6. The topological polar surface area (TPSA) is 226 Å². The Labute approximate surface area is 344 Å². The van der Waals surface area contributed by atoms with Gasteiger partial charge in [0, 0.05) is 100 Å². The lowest BCUT2D eigenvalue weighted by atomic mass is 10.0. The van der Waals surface area contributed by atoms with Gasteiger partial charge in [-0.2, -0.15) is 10.2 Å². The smallest absolute Gasteiger partial charge is 0.306 e. The molecule has 6 rings (SSSR count). The normalized spacial score (nSPS) is 14.7. The van der Waals surface area contributed by atoms with Gasteiger partial charge in [0.25, 0.3) is 0 Å². The van der Waals surface area contributed by atoms with Crippen molar-refractivity contribution in [3.8, 4) is 0 Å². The Morgan fingerprint density at radius 3 is 1.49 bits per heavy atom. The zero-order valence-electron chi connectivity index (χ0n) is 35.0. The van der Waals surface area contributed by atoms with Crippen molar-refractivity contribution in [3.63, 3.8) is 0 Å². The molecule has 2 amide bonds. The second kappa shape index (κ2) is 22.1. The Bertz CT molecular complexity index is 2050. The van der Waals surface area contributed by atoms with Crippen LogP contribution in [-0.2, 0) is 72.4 Å². The number of aliphatic carboxylic acids is 1. The fraction of sp³-hybridized carbons (Fsp3) is 0.610. The number of nitrogens with one attached hydrogen (secondary N) is 4. The Kier molecular flexibility index (Phi) is 16.8. The second-order valence-corrected chi connectivity index (χ2v) is 14.5. The van der Waals surface area contributed by atoms with Gasteiger partial charge in [0.1, 0.15) is 0 Å². The Morgan fingerprint density at radius 2 is 1.12 bits per heavy atom. The fourth-order valence-electron chi connectivity index (χ4n) is 7.29. The van der Waals surface area contributed by atoms with Gasteiger partial charge in [-0.25, -0.2) is 19.3 Å². The van der Waals surface area contributed by atoms with Crippen molar-refractivity contribution in [1.29, 1.82) is 0 Å². The van der Waals surface area contributed by atoms with Crippen LogP contribution in [-0.4, -0.2) is 104 Å². The van der Waals surface area contributed by atoms with Gasteiger partial charge in [-0.3, -0.25) is 19.2 Å². The monoisotopic (exact) mass is 820 g/mol. The SMILES string of the molecule is CCc1nc2c(cnn2CC)c(NC2CCOCC2)c1CNC(=O)CCC(=O)O.CCc1nc2c(cnn2CC)c(NC2CCOCC2)c1CNC(=O)CCC(=O)OC. The average Bonchev–Trinajstić information content (AvgIpc) is 3.88. The molecule has 0 radical (unpaired) electrons. The molecule has 18 nitrogen and oxygen atoms in total. The molecular formula is C41H60N10O8. The molecule has 0 bridgehead atoms. The maximum Gasteiger partial charge on any atom is 0.306 e. The number of pyridine rings is 2. The van der Waals surface area contributed by atoms with Crippen LogP contribution in [0, 0.1) is 0 Å². The number of anilines is 2. The van der Waals surface area contributed by atoms with Crippen molar-refractivity contribution >= 4 is 57.2 Å². The number of hydrogen-bond donors (Lipinski definition) is 5. The highest BCUT2D eigenvalue weighted by Gasteiger charge is 2.24. The van der Waals surface area contributed by atoms with E-state index in [2.05, 4.69) is 43.1 Å². The second-order valence-electron chi connectivity index (χ2n) is 14.5. The molecule has 18 heteroatoms. The highest BCUT2D eigenvalue weighted by molar-refractivity contribution is 5.93. The number of amides is 2. The molecule has 4 aromatic heterocycles. The summed E-state index contributed by atoms with van der Waals surface area (Å²) in [5, 5.41) is 32.8. The van der Waals surface area contributed by atoms with Gasteiger partial charge in [0.05, 0.1) is 54.5 Å². The molecule has 2 saturated heterocycles. The van der Waals surface area contributed by atoms with Crippen LogP contribution in [0.4, 0.5) is 11.4 Å². The van der Waals surface area contributed by atoms with E-state index in [1.54, 1.807) is 0 Å². The highest BCUT2D eigenvalue weighted by Crippen LogP contribution is 2.33. The molecule has 2 aliphatic rings. The summed E-state index contributed by atoms with van der Waals surface area (Å²) in [4.78, 5) is 56.0. The summed E-state index contributed by atoms with van der Waals surface area (Å²) in [7, 11) is 1.32. The zero-order chi connectivity index (χ0) is 42.3. The van der Waals surface area contributed by atoms with Crippen LogP contribution in [0.3, 0.4) is 0 Å². The van der Waals surface area contributed by atoms with Gasteiger partial charge < -0.3 is 40.6 Å². The van der Waals surface area contributed by atoms with Crippen LogP contribution in [0.25, 0.3) is 22.1 Å². The maximum absolute atomic E-state index is 12.3. The number of nitrogens with zero attached hydrogens (tertiary/aromatic N) is 6. The van der Waals surface area contributed by atoms with E-state index in [4.69, 9.17) is 24.5 Å². The van der Waals surface area contributed by atoms with E-state index in [1.807, 2.05) is 42.5 Å². The number of carbonyl (C=O) groups is 4. The van der Waals surface area contributed by atoms with Crippen molar-refractivity contribution < 1.29 is 38.5 Å². The number of carbonyl (C=O) groups excluding carboxylic acids is 3. The van der Waals surface area contributed by atoms with Crippen molar-refractivity contribution in [2.75, 3.05) is 44.2 Å². The van der Waals surface area contributed by atoms with Crippen molar-refractivity contribution in [3.05, 3.63) is 34.9 Å². The van der Waals surface area contributed by atoms with Crippen LogP contribution in [0.2, 0.25) is 0 Å².